The van der Waals surface area contributed by atoms with Gasteiger partial charge >= 0.3 is 0 Å². The highest BCUT2D eigenvalue weighted by atomic mass is 32.1. The minimum atomic E-state index is -0.145. The van der Waals surface area contributed by atoms with Crippen molar-refractivity contribution in [1.29, 1.82) is 0 Å². The number of ether oxygens (including phenoxy) is 1. The summed E-state index contributed by atoms with van der Waals surface area (Å²) >= 11 is 1.75. The summed E-state index contributed by atoms with van der Waals surface area (Å²) in [5.74, 6) is 1.55. The number of hydrogen-bond donors (Lipinski definition) is 0. The van der Waals surface area contributed by atoms with Gasteiger partial charge in [-0.1, -0.05) is 51.8 Å². The molecule has 0 fully saturated rings. The van der Waals surface area contributed by atoms with E-state index in [9.17, 15) is 9.59 Å². The van der Waals surface area contributed by atoms with E-state index in [2.05, 4.69) is 51.3 Å². The topological polar surface area (TPSA) is 49.9 Å². The summed E-state index contributed by atoms with van der Waals surface area (Å²) in [6, 6.07) is 8.15. The molecule has 2 aromatic rings. The Labute approximate surface area is 209 Å². The van der Waals surface area contributed by atoms with Gasteiger partial charge in [-0.3, -0.25) is 9.59 Å². The second kappa shape index (κ2) is 11.9. The van der Waals surface area contributed by atoms with Crippen molar-refractivity contribution in [3.05, 3.63) is 51.2 Å². The van der Waals surface area contributed by atoms with Crippen molar-refractivity contribution in [3.63, 3.8) is 0 Å². The van der Waals surface area contributed by atoms with E-state index in [1.165, 1.54) is 16.0 Å². The minimum Gasteiger partial charge on any atom is -0.491 e. The third-order valence-electron chi connectivity index (χ3n) is 6.63. The van der Waals surface area contributed by atoms with Crippen LogP contribution in [0.15, 0.2) is 29.6 Å². The molecule has 0 spiro atoms. The SMILES string of the molecule is CC[C@H](C)CN(CC(=O)N1CCc2sccc2[C@H]1COc1ccc(C)cc1C)C(=O)CC(C)C. The highest BCUT2D eigenvalue weighted by molar-refractivity contribution is 7.10. The Balaban J connectivity index is 1.78. The van der Waals surface area contributed by atoms with Crippen LogP contribution >= 0.6 is 11.3 Å². The van der Waals surface area contributed by atoms with Gasteiger partial charge in [0, 0.05) is 24.4 Å². The highest BCUT2D eigenvalue weighted by Gasteiger charge is 2.33. The van der Waals surface area contributed by atoms with Crippen molar-refractivity contribution in [2.45, 2.75) is 66.8 Å². The average Bonchev–Trinajstić information content (AvgIpc) is 3.26. The lowest BCUT2D eigenvalue weighted by atomic mass is 10.00. The summed E-state index contributed by atoms with van der Waals surface area (Å²) in [7, 11) is 0. The Morgan fingerprint density at radius 1 is 1.21 bits per heavy atom. The number of nitrogens with zero attached hydrogens (tertiary/aromatic N) is 2. The Morgan fingerprint density at radius 2 is 1.97 bits per heavy atom. The van der Waals surface area contributed by atoms with E-state index in [4.69, 9.17) is 4.74 Å². The van der Waals surface area contributed by atoms with E-state index in [-0.39, 0.29) is 30.3 Å². The summed E-state index contributed by atoms with van der Waals surface area (Å²) in [5, 5.41) is 2.10. The molecule has 1 aromatic heterocycles. The van der Waals surface area contributed by atoms with E-state index >= 15 is 0 Å². The molecule has 2 heterocycles. The molecule has 0 bridgehead atoms. The fourth-order valence-corrected chi connectivity index (χ4v) is 5.43. The van der Waals surface area contributed by atoms with E-state index in [0.29, 0.717) is 32.0 Å². The maximum absolute atomic E-state index is 13.6. The van der Waals surface area contributed by atoms with Gasteiger partial charge in [-0.15, -0.1) is 11.3 Å². The zero-order chi connectivity index (χ0) is 24.8. The van der Waals surface area contributed by atoms with Gasteiger partial charge in [0.1, 0.15) is 12.4 Å². The van der Waals surface area contributed by atoms with Gasteiger partial charge in [0.05, 0.1) is 12.6 Å². The molecule has 2 atom stereocenters. The van der Waals surface area contributed by atoms with Crippen LogP contribution in [-0.4, -0.2) is 47.9 Å². The van der Waals surface area contributed by atoms with Crippen LogP contribution in [0.4, 0.5) is 0 Å². The molecule has 1 aliphatic rings. The van der Waals surface area contributed by atoms with Crippen LogP contribution in [0.1, 0.15) is 68.1 Å². The van der Waals surface area contributed by atoms with E-state index in [1.807, 2.05) is 24.8 Å². The number of amides is 2. The first-order valence-electron chi connectivity index (χ1n) is 12.5. The Morgan fingerprint density at radius 3 is 2.65 bits per heavy atom. The van der Waals surface area contributed by atoms with Crippen LogP contribution in [0.3, 0.4) is 0 Å². The molecule has 0 radical (unpaired) electrons. The first kappa shape index (κ1) is 26.3. The van der Waals surface area contributed by atoms with Crippen LogP contribution in [0, 0.1) is 25.7 Å². The fourth-order valence-electron chi connectivity index (χ4n) is 4.50. The number of benzene rings is 1. The molecule has 34 heavy (non-hydrogen) atoms. The highest BCUT2D eigenvalue weighted by Crippen LogP contribution is 2.34. The van der Waals surface area contributed by atoms with Crippen molar-refractivity contribution in [2.24, 2.45) is 11.8 Å². The molecule has 0 N–H and O–H groups in total. The summed E-state index contributed by atoms with van der Waals surface area (Å²) in [4.78, 5) is 31.6. The number of hydrogen-bond acceptors (Lipinski definition) is 4. The molecular formula is C28H40N2O3S. The molecule has 5 nitrogen and oxygen atoms in total. The number of carbonyl (C=O) groups is 2. The van der Waals surface area contributed by atoms with Crippen molar-refractivity contribution in [3.8, 4) is 5.75 Å². The normalized spacial score (nSPS) is 16.3. The Bertz CT molecular complexity index is 984. The molecule has 6 heteroatoms. The van der Waals surface area contributed by atoms with Crippen LogP contribution in [0.2, 0.25) is 0 Å². The molecule has 0 saturated heterocycles. The van der Waals surface area contributed by atoms with Crippen LogP contribution < -0.4 is 4.74 Å². The first-order valence-corrected chi connectivity index (χ1v) is 13.4. The summed E-state index contributed by atoms with van der Waals surface area (Å²) in [6.07, 6.45) is 2.30. The van der Waals surface area contributed by atoms with Crippen molar-refractivity contribution in [2.75, 3.05) is 26.2 Å². The minimum absolute atomic E-state index is 0.00601. The molecule has 3 rings (SSSR count). The molecular weight excluding hydrogens is 444 g/mol. The van der Waals surface area contributed by atoms with Gasteiger partial charge in [-0.05, 0) is 60.7 Å². The van der Waals surface area contributed by atoms with E-state index in [1.54, 1.807) is 16.2 Å². The van der Waals surface area contributed by atoms with Crippen LogP contribution in [-0.2, 0) is 16.0 Å². The first-order chi connectivity index (χ1) is 16.2. The number of carbonyl (C=O) groups excluding carboxylic acids is 2. The number of aryl methyl sites for hydroxylation is 2. The lowest BCUT2D eigenvalue weighted by molar-refractivity contribution is -0.143. The summed E-state index contributed by atoms with van der Waals surface area (Å²) in [6.45, 7) is 14.3. The van der Waals surface area contributed by atoms with Gasteiger partial charge < -0.3 is 14.5 Å². The van der Waals surface area contributed by atoms with Crippen molar-refractivity contribution < 1.29 is 14.3 Å². The molecule has 1 aliphatic heterocycles. The molecule has 0 aliphatic carbocycles. The van der Waals surface area contributed by atoms with E-state index < -0.39 is 0 Å². The van der Waals surface area contributed by atoms with Crippen molar-refractivity contribution in [1.82, 2.24) is 9.80 Å². The standard InChI is InChI=1S/C28H40N2O3S/c1-7-20(4)16-29(27(31)14-19(2)3)17-28(32)30-12-10-26-23(11-13-34-26)24(30)18-33-25-9-8-21(5)15-22(25)6/h8-9,11,13,15,19-20,24H,7,10,12,14,16-18H2,1-6H3/t20-,24+/m0/s1. The lowest BCUT2D eigenvalue weighted by Crippen LogP contribution is -2.48. The maximum Gasteiger partial charge on any atom is 0.242 e. The monoisotopic (exact) mass is 484 g/mol. The molecule has 0 unspecified atom stereocenters. The van der Waals surface area contributed by atoms with Gasteiger partial charge in [0.2, 0.25) is 11.8 Å². The maximum atomic E-state index is 13.6. The largest absolute Gasteiger partial charge is 0.491 e. The van der Waals surface area contributed by atoms with Crippen LogP contribution in [0.5, 0.6) is 5.75 Å². The number of fused-ring (bicyclic) bond motifs is 1. The predicted octanol–water partition coefficient (Wildman–Crippen LogP) is 5.79. The summed E-state index contributed by atoms with van der Waals surface area (Å²) < 4.78 is 6.26. The number of rotatable bonds is 10. The Hall–Kier alpha value is -2.34. The lowest BCUT2D eigenvalue weighted by Gasteiger charge is -2.37. The average molecular weight is 485 g/mol. The zero-order valence-electron chi connectivity index (χ0n) is 21.6. The second-order valence-electron chi connectivity index (χ2n) is 10.1. The smallest absolute Gasteiger partial charge is 0.242 e. The second-order valence-corrected chi connectivity index (χ2v) is 11.1. The zero-order valence-corrected chi connectivity index (χ0v) is 22.4. The third-order valence-corrected chi connectivity index (χ3v) is 7.63. The number of thiophene rings is 1. The van der Waals surface area contributed by atoms with Crippen LogP contribution in [0.25, 0.3) is 0 Å². The van der Waals surface area contributed by atoms with Gasteiger partial charge in [0.25, 0.3) is 0 Å². The van der Waals surface area contributed by atoms with Crippen molar-refractivity contribution >= 4 is 23.2 Å². The molecule has 0 saturated carbocycles. The van der Waals surface area contributed by atoms with E-state index in [0.717, 1.165) is 24.2 Å². The van der Waals surface area contributed by atoms with Gasteiger partial charge in [-0.2, -0.15) is 0 Å². The fraction of sp³-hybridized carbons (Fsp3) is 0.571. The molecule has 186 valence electrons. The van der Waals surface area contributed by atoms with Gasteiger partial charge in [0.15, 0.2) is 0 Å². The Kier molecular flexibility index (Phi) is 9.17. The third kappa shape index (κ3) is 6.62. The predicted molar refractivity (Wildman–Crippen MR) is 139 cm³/mol. The summed E-state index contributed by atoms with van der Waals surface area (Å²) in [5.41, 5.74) is 3.47. The van der Waals surface area contributed by atoms with Gasteiger partial charge in [-0.25, -0.2) is 0 Å². The molecule has 1 aromatic carbocycles. The molecule has 2 amide bonds. The quantitative estimate of drug-likeness (QED) is 0.429.